The molecule has 0 radical (unpaired) electrons. The van der Waals surface area contributed by atoms with Crippen LogP contribution in [0.25, 0.3) is 0 Å². The molecule has 0 amide bonds. The molecule has 1 aromatic heterocycles. The molecule has 0 unspecified atom stereocenters. The van der Waals surface area contributed by atoms with Gasteiger partial charge in [0.25, 0.3) is 10.0 Å². The van der Waals surface area contributed by atoms with Crippen LogP contribution in [0.1, 0.15) is 27.8 Å². The predicted octanol–water partition coefficient (Wildman–Crippen LogP) is 3.97. The van der Waals surface area contributed by atoms with Crippen molar-refractivity contribution in [2.75, 3.05) is 11.8 Å². The zero-order chi connectivity index (χ0) is 20.5. The van der Waals surface area contributed by atoms with Crippen molar-refractivity contribution in [3.8, 4) is 5.75 Å². The van der Waals surface area contributed by atoms with E-state index in [-0.39, 0.29) is 0 Å². The summed E-state index contributed by atoms with van der Waals surface area (Å²) in [6.45, 7) is 8.03. The van der Waals surface area contributed by atoms with Gasteiger partial charge in [-0.15, -0.1) is 0 Å². The zero-order valence-electron chi connectivity index (χ0n) is 16.8. The highest BCUT2D eigenvalue weighted by molar-refractivity contribution is 7.92. The van der Waals surface area contributed by atoms with Crippen molar-refractivity contribution in [1.29, 1.82) is 0 Å². The second kappa shape index (κ2) is 7.67. The predicted molar refractivity (Wildman–Crippen MR) is 111 cm³/mol. The molecule has 0 aliphatic carbocycles. The lowest BCUT2D eigenvalue weighted by atomic mass is 10.0. The fourth-order valence-corrected chi connectivity index (χ4v) is 4.90. The number of aryl methyl sites for hydroxylation is 2. The smallest absolute Gasteiger partial charge is 0.262 e. The molecule has 0 spiro atoms. The number of hydrogen-bond donors (Lipinski definition) is 1. The second-order valence-corrected chi connectivity index (χ2v) is 8.59. The summed E-state index contributed by atoms with van der Waals surface area (Å²) in [6, 6.07) is 9.69. The van der Waals surface area contributed by atoms with Gasteiger partial charge in [0.15, 0.2) is 0 Å². The summed E-state index contributed by atoms with van der Waals surface area (Å²) >= 11 is 0. The number of nitrogens with one attached hydrogen (secondary N) is 1. The Hall–Kier alpha value is -2.80. The molecule has 1 heterocycles. The minimum atomic E-state index is -3.71. The highest BCUT2D eigenvalue weighted by atomic mass is 32.2. The standard InChI is InChI=1S/C21H25N3O3S/c1-14-9-15(2)17(4)21(16(14)3)28(25,26)23-19-11-22-24(13-19)12-18-7-6-8-20(10-18)27-5/h6-11,13,23H,12H2,1-5H3. The van der Waals surface area contributed by atoms with Gasteiger partial charge in [0.2, 0.25) is 0 Å². The quantitative estimate of drug-likeness (QED) is 0.681. The van der Waals surface area contributed by atoms with Gasteiger partial charge in [0, 0.05) is 6.20 Å². The summed E-state index contributed by atoms with van der Waals surface area (Å²) < 4.78 is 35.7. The van der Waals surface area contributed by atoms with E-state index in [9.17, 15) is 8.42 Å². The molecular weight excluding hydrogens is 374 g/mol. The van der Waals surface area contributed by atoms with E-state index in [1.54, 1.807) is 18.0 Å². The van der Waals surface area contributed by atoms with E-state index in [4.69, 9.17) is 4.74 Å². The summed E-state index contributed by atoms with van der Waals surface area (Å²) in [5.74, 6) is 0.770. The molecule has 3 rings (SSSR count). The van der Waals surface area contributed by atoms with Crippen LogP contribution in [0.15, 0.2) is 47.6 Å². The number of hydrogen-bond acceptors (Lipinski definition) is 4. The van der Waals surface area contributed by atoms with Gasteiger partial charge < -0.3 is 4.74 Å². The molecule has 6 nitrogen and oxygen atoms in total. The Morgan fingerprint density at radius 3 is 2.39 bits per heavy atom. The van der Waals surface area contributed by atoms with E-state index in [1.807, 2.05) is 58.0 Å². The van der Waals surface area contributed by atoms with Crippen molar-refractivity contribution in [1.82, 2.24) is 9.78 Å². The molecular formula is C21H25N3O3S. The first kappa shape index (κ1) is 19.9. The number of aromatic nitrogens is 2. The maximum Gasteiger partial charge on any atom is 0.262 e. The Balaban J connectivity index is 1.85. The molecule has 7 heteroatoms. The van der Waals surface area contributed by atoms with E-state index >= 15 is 0 Å². The Labute approximate surface area is 166 Å². The largest absolute Gasteiger partial charge is 0.497 e. The van der Waals surface area contributed by atoms with Gasteiger partial charge >= 0.3 is 0 Å². The van der Waals surface area contributed by atoms with E-state index in [0.29, 0.717) is 17.1 Å². The molecule has 0 saturated heterocycles. The van der Waals surface area contributed by atoms with E-state index < -0.39 is 10.0 Å². The molecule has 28 heavy (non-hydrogen) atoms. The van der Waals surface area contributed by atoms with E-state index in [0.717, 1.165) is 33.6 Å². The minimum Gasteiger partial charge on any atom is -0.497 e. The molecule has 0 saturated carbocycles. The molecule has 0 aliphatic heterocycles. The summed E-state index contributed by atoms with van der Waals surface area (Å²) in [7, 11) is -2.09. The van der Waals surface area contributed by atoms with Gasteiger partial charge in [-0.1, -0.05) is 18.2 Å². The van der Waals surface area contributed by atoms with E-state index in [1.165, 1.54) is 6.20 Å². The molecule has 1 N–H and O–H groups in total. The Kier molecular flexibility index (Phi) is 5.47. The third kappa shape index (κ3) is 4.04. The number of methoxy groups -OCH3 is 1. The molecule has 0 fully saturated rings. The van der Waals surface area contributed by atoms with Crippen LogP contribution < -0.4 is 9.46 Å². The van der Waals surface area contributed by atoms with Gasteiger partial charge in [-0.3, -0.25) is 9.40 Å². The summed E-state index contributed by atoms with van der Waals surface area (Å²) in [5, 5.41) is 4.27. The Bertz CT molecular complexity index is 1090. The van der Waals surface area contributed by atoms with Gasteiger partial charge in [-0.25, -0.2) is 8.42 Å². The summed E-state index contributed by atoms with van der Waals surface area (Å²) in [4.78, 5) is 0.338. The van der Waals surface area contributed by atoms with Crippen LogP contribution in [0.4, 0.5) is 5.69 Å². The number of nitrogens with zero attached hydrogens (tertiary/aromatic N) is 2. The Morgan fingerprint density at radius 2 is 1.75 bits per heavy atom. The zero-order valence-corrected chi connectivity index (χ0v) is 17.6. The Morgan fingerprint density at radius 1 is 1.07 bits per heavy atom. The molecule has 2 aromatic carbocycles. The fraction of sp³-hybridized carbons (Fsp3) is 0.286. The first-order valence-corrected chi connectivity index (χ1v) is 10.4. The van der Waals surface area contributed by atoms with Gasteiger partial charge in [-0.05, 0) is 67.6 Å². The third-order valence-corrected chi connectivity index (χ3v) is 6.58. The summed E-state index contributed by atoms with van der Waals surface area (Å²) in [5.41, 5.74) is 4.88. The topological polar surface area (TPSA) is 73.2 Å². The fourth-order valence-electron chi connectivity index (χ4n) is 3.25. The molecule has 0 bridgehead atoms. The third-order valence-electron chi connectivity index (χ3n) is 4.93. The average molecular weight is 400 g/mol. The van der Waals surface area contributed by atoms with Crippen LogP contribution >= 0.6 is 0 Å². The number of benzene rings is 2. The van der Waals surface area contributed by atoms with Crippen LogP contribution in [0, 0.1) is 27.7 Å². The number of anilines is 1. The van der Waals surface area contributed by atoms with Crippen molar-refractivity contribution in [2.45, 2.75) is 39.1 Å². The number of sulfonamides is 1. The lowest BCUT2D eigenvalue weighted by Gasteiger charge is -2.16. The van der Waals surface area contributed by atoms with Crippen LogP contribution in [-0.2, 0) is 16.6 Å². The van der Waals surface area contributed by atoms with Crippen molar-refractivity contribution in [2.24, 2.45) is 0 Å². The number of ether oxygens (including phenoxy) is 1. The van der Waals surface area contributed by atoms with Crippen molar-refractivity contribution >= 4 is 15.7 Å². The van der Waals surface area contributed by atoms with Crippen molar-refractivity contribution in [3.05, 3.63) is 70.5 Å². The SMILES string of the molecule is COc1cccc(Cn2cc(NS(=O)(=O)c3c(C)c(C)cc(C)c3C)cn2)c1. The molecule has 148 valence electrons. The summed E-state index contributed by atoms with van der Waals surface area (Å²) in [6.07, 6.45) is 3.20. The average Bonchev–Trinajstić information content (AvgIpc) is 3.06. The van der Waals surface area contributed by atoms with Gasteiger partial charge in [-0.2, -0.15) is 5.10 Å². The van der Waals surface area contributed by atoms with Gasteiger partial charge in [0.1, 0.15) is 5.75 Å². The maximum absolute atomic E-state index is 13.0. The lowest BCUT2D eigenvalue weighted by Crippen LogP contribution is -2.16. The molecule has 3 aromatic rings. The first-order valence-electron chi connectivity index (χ1n) is 8.97. The molecule has 0 atom stereocenters. The van der Waals surface area contributed by atoms with Crippen LogP contribution in [0.3, 0.4) is 0 Å². The van der Waals surface area contributed by atoms with E-state index in [2.05, 4.69) is 9.82 Å². The van der Waals surface area contributed by atoms with Crippen LogP contribution in [0.5, 0.6) is 5.75 Å². The number of rotatable bonds is 6. The van der Waals surface area contributed by atoms with Gasteiger partial charge in [0.05, 0.1) is 30.4 Å². The van der Waals surface area contributed by atoms with Crippen molar-refractivity contribution < 1.29 is 13.2 Å². The highest BCUT2D eigenvalue weighted by Crippen LogP contribution is 2.27. The maximum atomic E-state index is 13.0. The molecule has 0 aliphatic rings. The lowest BCUT2D eigenvalue weighted by molar-refractivity contribution is 0.414. The van der Waals surface area contributed by atoms with Crippen LogP contribution in [0.2, 0.25) is 0 Å². The highest BCUT2D eigenvalue weighted by Gasteiger charge is 2.22. The normalized spacial score (nSPS) is 11.5. The van der Waals surface area contributed by atoms with Crippen molar-refractivity contribution in [3.63, 3.8) is 0 Å². The van der Waals surface area contributed by atoms with Crippen LogP contribution in [-0.4, -0.2) is 25.3 Å². The first-order chi connectivity index (χ1) is 13.2. The second-order valence-electron chi connectivity index (χ2n) is 6.97. The monoisotopic (exact) mass is 399 g/mol. The minimum absolute atomic E-state index is 0.338.